The number of carbonyl (C=O) groups is 7. The zero-order valence-corrected chi connectivity index (χ0v) is 68.5. The molecule has 0 aromatic heterocycles. The molecule has 0 saturated heterocycles. The molecule has 8 aromatic carbocycles. The third-order valence-corrected chi connectivity index (χ3v) is 19.3. The number of rotatable bonds is 52. The van der Waals surface area contributed by atoms with Gasteiger partial charge in [0.15, 0.2) is 17.3 Å². The van der Waals surface area contributed by atoms with Crippen molar-refractivity contribution in [2.24, 2.45) is 63.5 Å². The fraction of sp³-hybridized carbons (Fsp3) is 0.353. The number of carbonyl (C=O) groups excluding carboxylic acids is 7. The van der Waals surface area contributed by atoms with Gasteiger partial charge in [-0.05, 0) is 237 Å². The van der Waals surface area contributed by atoms with Gasteiger partial charge in [0.1, 0.15) is 37.3 Å². The number of nitrogens with zero attached hydrogens (tertiary/aromatic N) is 14. The van der Waals surface area contributed by atoms with Gasteiger partial charge < -0.3 is 57.8 Å². The minimum absolute atomic E-state index is 0.0960. The van der Waals surface area contributed by atoms with Gasteiger partial charge in [-0.25, -0.2) is 0 Å². The van der Waals surface area contributed by atoms with E-state index < -0.39 is 114 Å². The van der Waals surface area contributed by atoms with E-state index in [0.29, 0.717) is 94.6 Å². The SMILES string of the molecule is CCOC(=O)C(CCC(=O)OCCN(CC)c1ccc(/N=N/c2ccc(OON)cc2)cc1)(CCC(=O)OCCN(CC)c1ccc(/N=N/c2ccc(OON)cc2)cc1)C(=O)C(CCC(=O)OCCN(CC)c1ccc(/N=N/c2ccc([N+](=O)[O-])cc2)cc1)(CCC(=O)OCCN(CC)c1ccc(/N=N/c2ccc([N+](=O)[O-])cc2)cc1)C(=O)OCC. The van der Waals surface area contributed by atoms with Crippen LogP contribution in [0.3, 0.4) is 0 Å². The Morgan fingerprint density at radius 2 is 0.525 bits per heavy atom. The molecule has 0 atom stereocenters. The molecule has 644 valence electrons. The lowest BCUT2D eigenvalue weighted by atomic mass is 9.62. The van der Waals surface area contributed by atoms with E-state index in [1.54, 1.807) is 121 Å². The van der Waals surface area contributed by atoms with E-state index in [1.165, 1.54) is 62.4 Å². The second-order valence-electron chi connectivity index (χ2n) is 26.9. The number of anilines is 4. The second-order valence-corrected chi connectivity index (χ2v) is 26.9. The number of nitro groups is 2. The highest BCUT2D eigenvalue weighted by molar-refractivity contribution is 6.15. The lowest BCUT2D eigenvalue weighted by Gasteiger charge is -2.39. The maximum Gasteiger partial charge on any atom is 0.319 e. The number of ketones is 1. The predicted octanol–water partition coefficient (Wildman–Crippen LogP) is 16.9. The smallest absolute Gasteiger partial charge is 0.319 e. The Balaban J connectivity index is 1.05. The number of nitrogens with two attached hydrogens (primary N) is 2. The molecule has 0 aliphatic heterocycles. The van der Waals surface area contributed by atoms with Crippen molar-refractivity contribution in [2.75, 3.05) is 112 Å². The van der Waals surface area contributed by atoms with E-state index in [0.717, 1.165) is 11.4 Å². The summed E-state index contributed by atoms with van der Waals surface area (Å²) in [5.74, 6) is 3.45. The number of hydrogen-bond acceptors (Lipinski definition) is 35. The van der Waals surface area contributed by atoms with E-state index in [4.69, 9.17) is 50.0 Å². The number of hydrogen-bond donors (Lipinski definition) is 2. The number of benzene rings is 8. The molecule has 4 N–H and O–H groups in total. The van der Waals surface area contributed by atoms with Crippen LogP contribution < -0.4 is 41.2 Å². The van der Waals surface area contributed by atoms with Crippen LogP contribution in [0.4, 0.5) is 79.6 Å². The molecule has 0 aliphatic carbocycles. The topological polar surface area (TPSA) is 462 Å². The molecular formula is C85H98N16O21. The van der Waals surface area contributed by atoms with E-state index in [1.807, 2.05) is 71.6 Å². The molecule has 0 aliphatic rings. The van der Waals surface area contributed by atoms with Gasteiger partial charge in [-0.15, -0.1) is 0 Å². The average molecular weight is 1680 g/mol. The Hall–Kier alpha value is -13.9. The van der Waals surface area contributed by atoms with Crippen LogP contribution in [0.5, 0.6) is 11.5 Å². The number of nitro benzene ring substituents is 2. The number of azo groups is 4. The fourth-order valence-corrected chi connectivity index (χ4v) is 12.7. The zero-order valence-electron chi connectivity index (χ0n) is 68.5. The van der Waals surface area contributed by atoms with Gasteiger partial charge >= 0.3 is 35.8 Å². The van der Waals surface area contributed by atoms with Crippen molar-refractivity contribution >= 4 is 121 Å². The summed E-state index contributed by atoms with van der Waals surface area (Å²) in [4.78, 5) is 152. The Bertz CT molecular complexity index is 4540. The first kappa shape index (κ1) is 93.6. The first-order chi connectivity index (χ1) is 59.1. The van der Waals surface area contributed by atoms with Crippen molar-refractivity contribution in [1.82, 2.24) is 0 Å². The fourth-order valence-electron chi connectivity index (χ4n) is 12.7. The summed E-state index contributed by atoms with van der Waals surface area (Å²) in [7, 11) is 0. The quantitative estimate of drug-likeness (QED) is 0.00680. The van der Waals surface area contributed by atoms with Crippen LogP contribution in [0.2, 0.25) is 0 Å². The molecule has 37 heteroatoms. The molecule has 0 radical (unpaired) electrons. The van der Waals surface area contributed by atoms with Crippen LogP contribution in [0.15, 0.2) is 235 Å². The molecular weight excluding hydrogens is 1580 g/mol. The first-order valence-corrected chi connectivity index (χ1v) is 39.4. The standard InChI is InChI=1S/C85H98N16O21/c1-7-96(69-29-13-61(14-30-69)88-92-65-21-37-73(38-22-65)100(109)110)53-57-115-77(102)45-49-84(82(107)113-11-5,50-46-78(103)116-58-54-97(8-2)70-31-15-62(16-32-70)89-93-66-23-39-74(40-24-66)101(111)112)81(106)85(83(108)114-12-6,51-47-79(104)117-59-55-98(9-3)71-33-17-63(18-34-71)90-94-67-25-41-75(42-26-67)119-121-86)52-48-80(105)118-60-56-99(10-4)72-35-19-64(20-36-72)91-95-68-27-43-76(44-28-68)120-122-87/h13-44H,7-12,45-60,86-87H2,1-6H3/b92-88+,93-89+,94-90+,95-91+. The van der Waals surface area contributed by atoms with E-state index in [2.05, 4.69) is 50.9 Å². The highest BCUT2D eigenvalue weighted by Crippen LogP contribution is 2.46. The first-order valence-electron chi connectivity index (χ1n) is 39.4. The number of esters is 6. The van der Waals surface area contributed by atoms with Gasteiger partial charge in [-0.2, -0.15) is 52.7 Å². The van der Waals surface area contributed by atoms with Crippen molar-refractivity contribution in [3.05, 3.63) is 214 Å². The van der Waals surface area contributed by atoms with Gasteiger partial charge in [0.25, 0.3) is 11.4 Å². The molecule has 37 nitrogen and oxygen atoms in total. The maximum absolute atomic E-state index is 16.7. The monoisotopic (exact) mass is 1680 g/mol. The maximum atomic E-state index is 16.7. The number of Topliss-reactive ketones (excluding diaryl/α,β-unsaturated/α-hetero) is 1. The summed E-state index contributed by atoms with van der Waals surface area (Å²) < 4.78 is 34.9. The minimum atomic E-state index is -2.62. The van der Waals surface area contributed by atoms with Crippen LogP contribution in [-0.2, 0) is 72.0 Å². The molecule has 0 fully saturated rings. The molecule has 0 spiro atoms. The molecule has 0 bridgehead atoms. The lowest BCUT2D eigenvalue weighted by molar-refractivity contribution is -0.385. The van der Waals surface area contributed by atoms with Gasteiger partial charge in [0, 0.05) is 98.9 Å². The highest BCUT2D eigenvalue weighted by Gasteiger charge is 2.59. The summed E-state index contributed by atoms with van der Waals surface area (Å²) in [5.41, 5.74) is 1.33. The molecule has 8 rings (SSSR count). The van der Waals surface area contributed by atoms with E-state index >= 15 is 14.4 Å². The molecule has 0 saturated carbocycles. The average Bonchev–Trinajstić information content (AvgIpc) is 0.749. The predicted molar refractivity (Wildman–Crippen MR) is 449 cm³/mol. The lowest BCUT2D eigenvalue weighted by Crippen LogP contribution is -2.54. The molecule has 0 heterocycles. The van der Waals surface area contributed by atoms with Crippen LogP contribution in [0, 0.1) is 31.1 Å². The van der Waals surface area contributed by atoms with Crippen molar-refractivity contribution in [1.29, 1.82) is 0 Å². The van der Waals surface area contributed by atoms with Gasteiger partial charge in [0.05, 0.1) is 94.7 Å². The third-order valence-electron chi connectivity index (χ3n) is 19.3. The van der Waals surface area contributed by atoms with Crippen LogP contribution in [0.25, 0.3) is 0 Å². The third kappa shape index (κ3) is 28.7. The number of likely N-dealkylation sites (N-methyl/N-ethyl adjacent to an activating group) is 4. The molecule has 0 unspecified atom stereocenters. The Kier molecular flexibility index (Phi) is 37.5. The summed E-state index contributed by atoms with van der Waals surface area (Å²) in [6.45, 7) is 11.4. The Morgan fingerprint density at radius 3 is 0.713 bits per heavy atom. The summed E-state index contributed by atoms with van der Waals surface area (Å²) >= 11 is 0. The van der Waals surface area contributed by atoms with Crippen LogP contribution >= 0.6 is 0 Å². The Morgan fingerprint density at radius 1 is 0.320 bits per heavy atom. The van der Waals surface area contributed by atoms with Crippen LogP contribution in [0.1, 0.15) is 92.9 Å². The molecule has 8 aromatic rings. The summed E-state index contributed by atoms with van der Waals surface area (Å²) in [6, 6.07) is 52.3. The van der Waals surface area contributed by atoms with Gasteiger partial charge in [-0.3, -0.25) is 53.8 Å². The van der Waals surface area contributed by atoms with E-state index in [9.17, 15) is 39.4 Å². The number of ether oxygens (including phenoxy) is 6. The second kappa shape index (κ2) is 48.8. The molecule has 122 heavy (non-hydrogen) atoms. The number of non-ortho nitro benzene ring substituents is 2. The van der Waals surface area contributed by atoms with E-state index in [-0.39, 0.29) is 77.2 Å². The van der Waals surface area contributed by atoms with Gasteiger partial charge in [0.2, 0.25) is 0 Å². The summed E-state index contributed by atoms with van der Waals surface area (Å²) in [5, 5.41) is 56.3. The largest absolute Gasteiger partial charge is 0.465 e. The normalized spacial score (nSPS) is 11.5. The Labute approximate surface area is 703 Å². The minimum Gasteiger partial charge on any atom is -0.465 e. The molecule has 0 amide bonds. The highest BCUT2D eigenvalue weighted by atomic mass is 17.3. The van der Waals surface area contributed by atoms with Crippen molar-refractivity contribution in [3.63, 3.8) is 0 Å². The van der Waals surface area contributed by atoms with Crippen molar-refractivity contribution < 1.29 is 91.6 Å². The van der Waals surface area contributed by atoms with Crippen molar-refractivity contribution in [2.45, 2.75) is 92.9 Å². The van der Waals surface area contributed by atoms with Gasteiger partial charge in [-0.1, -0.05) is 9.98 Å². The van der Waals surface area contributed by atoms with Crippen LogP contribution in [-0.4, -0.2) is 143 Å². The zero-order chi connectivity index (χ0) is 87.7. The summed E-state index contributed by atoms with van der Waals surface area (Å²) in [6.07, 6.45) is -5.61. The van der Waals surface area contributed by atoms with Crippen molar-refractivity contribution in [3.8, 4) is 11.5 Å².